The second-order valence-electron chi connectivity index (χ2n) is 6.17. The zero-order valence-corrected chi connectivity index (χ0v) is 12.3. The van der Waals surface area contributed by atoms with Crippen molar-refractivity contribution in [1.29, 1.82) is 0 Å². The number of nitrogens with zero attached hydrogens (tertiary/aromatic N) is 1. The number of hydrogen-bond donors (Lipinski definition) is 1. The molecule has 1 amide bonds. The standard InChI is InChI=1S/C15H28N2O2/c1-3-19-12-6-8-17(9-7-12)15(18)13-10-11(2)4-5-14(13)16/h11-14H,3-10,16H2,1-2H3. The highest BCUT2D eigenvalue weighted by atomic mass is 16.5. The number of hydrogen-bond acceptors (Lipinski definition) is 3. The van der Waals surface area contributed by atoms with E-state index in [9.17, 15) is 4.79 Å². The predicted molar refractivity (Wildman–Crippen MR) is 75.7 cm³/mol. The molecule has 1 saturated heterocycles. The smallest absolute Gasteiger partial charge is 0.227 e. The van der Waals surface area contributed by atoms with Crippen molar-refractivity contribution in [3.8, 4) is 0 Å². The van der Waals surface area contributed by atoms with E-state index in [2.05, 4.69) is 6.92 Å². The van der Waals surface area contributed by atoms with Crippen molar-refractivity contribution in [3.63, 3.8) is 0 Å². The summed E-state index contributed by atoms with van der Waals surface area (Å²) in [5.41, 5.74) is 6.15. The average Bonchev–Trinajstić information content (AvgIpc) is 2.42. The van der Waals surface area contributed by atoms with Gasteiger partial charge in [-0.05, 0) is 44.9 Å². The molecule has 1 heterocycles. The predicted octanol–water partition coefficient (Wildman–Crippen LogP) is 1.78. The van der Waals surface area contributed by atoms with Gasteiger partial charge in [0, 0.05) is 25.7 Å². The Hall–Kier alpha value is -0.610. The summed E-state index contributed by atoms with van der Waals surface area (Å²) in [6.45, 7) is 6.69. The molecule has 1 aliphatic carbocycles. The van der Waals surface area contributed by atoms with E-state index in [0.717, 1.165) is 51.8 Å². The fraction of sp³-hybridized carbons (Fsp3) is 0.933. The molecule has 0 spiro atoms. The molecule has 3 atom stereocenters. The van der Waals surface area contributed by atoms with E-state index in [1.165, 1.54) is 0 Å². The summed E-state index contributed by atoms with van der Waals surface area (Å²) in [5.74, 6) is 0.969. The molecule has 0 aromatic heterocycles. The lowest BCUT2D eigenvalue weighted by molar-refractivity contribution is -0.140. The van der Waals surface area contributed by atoms with Crippen LogP contribution in [0.4, 0.5) is 0 Å². The van der Waals surface area contributed by atoms with Crippen molar-refractivity contribution in [2.24, 2.45) is 17.6 Å². The molecule has 110 valence electrons. The van der Waals surface area contributed by atoms with Gasteiger partial charge in [-0.15, -0.1) is 0 Å². The molecule has 0 aromatic carbocycles. The number of piperidine rings is 1. The molecular formula is C15H28N2O2. The van der Waals surface area contributed by atoms with Crippen molar-refractivity contribution in [3.05, 3.63) is 0 Å². The first kappa shape index (κ1) is 14.8. The van der Waals surface area contributed by atoms with Crippen LogP contribution in [0.2, 0.25) is 0 Å². The summed E-state index contributed by atoms with van der Waals surface area (Å²) in [6, 6.07) is 0.0633. The van der Waals surface area contributed by atoms with E-state index in [1.807, 2.05) is 11.8 Å². The number of ether oxygens (including phenoxy) is 1. The van der Waals surface area contributed by atoms with Crippen LogP contribution < -0.4 is 5.73 Å². The summed E-state index contributed by atoms with van der Waals surface area (Å²) in [6.07, 6.45) is 5.40. The normalized spacial score (nSPS) is 33.4. The van der Waals surface area contributed by atoms with Gasteiger partial charge in [0.05, 0.1) is 12.0 Å². The first-order valence-corrected chi connectivity index (χ1v) is 7.77. The van der Waals surface area contributed by atoms with E-state index in [4.69, 9.17) is 10.5 Å². The van der Waals surface area contributed by atoms with E-state index in [1.54, 1.807) is 0 Å². The number of likely N-dealkylation sites (tertiary alicyclic amines) is 1. The van der Waals surface area contributed by atoms with Gasteiger partial charge in [0.25, 0.3) is 0 Å². The van der Waals surface area contributed by atoms with Crippen LogP contribution in [0.5, 0.6) is 0 Å². The van der Waals surface area contributed by atoms with Crippen LogP contribution in [0.3, 0.4) is 0 Å². The van der Waals surface area contributed by atoms with Crippen LogP contribution in [0.1, 0.15) is 46.0 Å². The Morgan fingerprint density at radius 2 is 1.95 bits per heavy atom. The van der Waals surface area contributed by atoms with Gasteiger partial charge >= 0.3 is 0 Å². The second-order valence-corrected chi connectivity index (χ2v) is 6.17. The van der Waals surface area contributed by atoms with Gasteiger partial charge in [0.2, 0.25) is 5.91 Å². The quantitative estimate of drug-likeness (QED) is 0.849. The van der Waals surface area contributed by atoms with E-state index in [0.29, 0.717) is 12.0 Å². The molecule has 2 rings (SSSR count). The third-order valence-electron chi connectivity index (χ3n) is 4.64. The van der Waals surface area contributed by atoms with Crippen LogP contribution in [0, 0.1) is 11.8 Å². The molecule has 0 bridgehead atoms. The highest BCUT2D eigenvalue weighted by molar-refractivity contribution is 5.79. The molecule has 4 nitrogen and oxygen atoms in total. The number of amides is 1. The summed E-state index contributed by atoms with van der Waals surface area (Å²) < 4.78 is 5.63. The Morgan fingerprint density at radius 1 is 1.26 bits per heavy atom. The molecule has 3 unspecified atom stereocenters. The van der Waals surface area contributed by atoms with E-state index in [-0.39, 0.29) is 17.9 Å². The Balaban J connectivity index is 1.86. The molecular weight excluding hydrogens is 240 g/mol. The summed E-state index contributed by atoms with van der Waals surface area (Å²) in [4.78, 5) is 14.6. The van der Waals surface area contributed by atoms with Gasteiger partial charge in [0.15, 0.2) is 0 Å². The van der Waals surface area contributed by atoms with Gasteiger partial charge in [-0.2, -0.15) is 0 Å². The third-order valence-corrected chi connectivity index (χ3v) is 4.64. The molecule has 0 aromatic rings. The van der Waals surface area contributed by atoms with Gasteiger partial charge in [-0.1, -0.05) is 6.92 Å². The number of nitrogens with two attached hydrogens (primary N) is 1. The summed E-state index contributed by atoms with van der Waals surface area (Å²) >= 11 is 0. The molecule has 19 heavy (non-hydrogen) atoms. The van der Waals surface area contributed by atoms with Gasteiger partial charge in [-0.25, -0.2) is 0 Å². The highest BCUT2D eigenvalue weighted by Gasteiger charge is 2.35. The second kappa shape index (κ2) is 6.71. The molecule has 2 N–H and O–H groups in total. The maximum atomic E-state index is 12.6. The minimum atomic E-state index is 0.0485. The number of rotatable bonds is 3. The summed E-state index contributed by atoms with van der Waals surface area (Å²) in [5, 5.41) is 0. The Morgan fingerprint density at radius 3 is 2.58 bits per heavy atom. The molecule has 0 radical (unpaired) electrons. The Bertz CT molecular complexity index is 301. The lowest BCUT2D eigenvalue weighted by Gasteiger charge is -2.38. The molecule has 2 fully saturated rings. The molecule has 2 aliphatic rings. The highest BCUT2D eigenvalue weighted by Crippen LogP contribution is 2.30. The lowest BCUT2D eigenvalue weighted by Crippen LogP contribution is -2.49. The number of carbonyl (C=O) groups is 1. The van der Waals surface area contributed by atoms with Crippen LogP contribution in [0.25, 0.3) is 0 Å². The SMILES string of the molecule is CCOC1CCN(C(=O)C2CC(C)CCC2N)CC1. The van der Waals surface area contributed by atoms with Crippen LogP contribution in [-0.4, -0.2) is 42.6 Å². The van der Waals surface area contributed by atoms with E-state index >= 15 is 0 Å². The van der Waals surface area contributed by atoms with E-state index < -0.39 is 0 Å². The van der Waals surface area contributed by atoms with Crippen molar-refractivity contribution in [2.45, 2.75) is 58.1 Å². The topological polar surface area (TPSA) is 55.6 Å². The van der Waals surface area contributed by atoms with Crippen molar-refractivity contribution in [2.75, 3.05) is 19.7 Å². The van der Waals surface area contributed by atoms with Crippen molar-refractivity contribution >= 4 is 5.91 Å². The molecule has 4 heteroatoms. The molecule has 1 saturated carbocycles. The monoisotopic (exact) mass is 268 g/mol. The number of carbonyl (C=O) groups excluding carboxylic acids is 1. The van der Waals surface area contributed by atoms with Crippen molar-refractivity contribution < 1.29 is 9.53 Å². The maximum Gasteiger partial charge on any atom is 0.227 e. The first-order valence-electron chi connectivity index (χ1n) is 7.77. The first-order chi connectivity index (χ1) is 9.11. The van der Waals surface area contributed by atoms with Gasteiger partial charge in [0.1, 0.15) is 0 Å². The minimum absolute atomic E-state index is 0.0485. The Kier molecular flexibility index (Phi) is 5.22. The largest absolute Gasteiger partial charge is 0.378 e. The Labute approximate surface area is 116 Å². The average molecular weight is 268 g/mol. The third kappa shape index (κ3) is 3.69. The molecule has 1 aliphatic heterocycles. The van der Waals surface area contributed by atoms with Crippen LogP contribution in [-0.2, 0) is 9.53 Å². The fourth-order valence-corrected chi connectivity index (χ4v) is 3.40. The zero-order chi connectivity index (χ0) is 13.8. The lowest BCUT2D eigenvalue weighted by atomic mass is 9.78. The fourth-order valence-electron chi connectivity index (χ4n) is 3.40. The van der Waals surface area contributed by atoms with Crippen molar-refractivity contribution in [1.82, 2.24) is 4.90 Å². The summed E-state index contributed by atoms with van der Waals surface area (Å²) in [7, 11) is 0. The van der Waals surface area contributed by atoms with Gasteiger partial charge < -0.3 is 15.4 Å². The minimum Gasteiger partial charge on any atom is -0.378 e. The maximum absolute atomic E-state index is 12.6. The van der Waals surface area contributed by atoms with Gasteiger partial charge in [-0.3, -0.25) is 4.79 Å². The van der Waals surface area contributed by atoms with Crippen LogP contribution >= 0.6 is 0 Å². The van der Waals surface area contributed by atoms with Crippen LogP contribution in [0.15, 0.2) is 0 Å². The zero-order valence-electron chi connectivity index (χ0n) is 12.3.